The van der Waals surface area contributed by atoms with Crippen molar-refractivity contribution in [3.8, 4) is 0 Å². The molecule has 1 heterocycles. The fraction of sp³-hybridized carbons (Fsp3) is 0.500. The summed E-state index contributed by atoms with van der Waals surface area (Å²) in [4.78, 5) is 11.9. The quantitative estimate of drug-likeness (QED) is 0.827. The Morgan fingerprint density at radius 1 is 1.47 bits per heavy atom. The zero-order chi connectivity index (χ0) is 12.1. The maximum absolute atomic E-state index is 11.9. The first-order chi connectivity index (χ1) is 8.25. The second-order valence-electron chi connectivity index (χ2n) is 4.71. The van der Waals surface area contributed by atoms with Gasteiger partial charge < -0.3 is 10.6 Å². The van der Waals surface area contributed by atoms with E-state index in [4.69, 9.17) is 0 Å². The largest absolute Gasteiger partial charge is 0.352 e. The van der Waals surface area contributed by atoms with Crippen LogP contribution in [-0.2, 0) is 11.2 Å². The number of carbonyl (C=O) groups is 1. The molecule has 2 rings (SSSR count). The predicted octanol–water partition coefficient (Wildman–Crippen LogP) is 1.41. The van der Waals surface area contributed by atoms with Gasteiger partial charge in [0.15, 0.2) is 0 Å². The van der Waals surface area contributed by atoms with E-state index in [1.54, 1.807) is 0 Å². The molecular formula is C14H20N2O. The van der Waals surface area contributed by atoms with Crippen molar-refractivity contribution in [3.63, 3.8) is 0 Å². The summed E-state index contributed by atoms with van der Waals surface area (Å²) in [6.07, 6.45) is 2.73. The molecule has 1 amide bonds. The van der Waals surface area contributed by atoms with E-state index in [0.717, 1.165) is 31.5 Å². The minimum absolute atomic E-state index is 0.132. The van der Waals surface area contributed by atoms with Crippen molar-refractivity contribution < 1.29 is 4.79 Å². The maximum Gasteiger partial charge on any atom is 0.224 e. The standard InChI is InChI=1S/C14H20N2O/c1-11-5-2-3-6-12(11)9-14(17)16-13-7-4-8-15-10-13/h2-3,5-6,13,15H,4,7-10H2,1H3,(H,16,17). The van der Waals surface area contributed by atoms with Gasteiger partial charge in [-0.15, -0.1) is 0 Å². The Hall–Kier alpha value is -1.35. The molecule has 1 aliphatic heterocycles. The van der Waals surface area contributed by atoms with Crippen LogP contribution in [0.1, 0.15) is 24.0 Å². The second-order valence-corrected chi connectivity index (χ2v) is 4.71. The second kappa shape index (κ2) is 5.82. The van der Waals surface area contributed by atoms with Crippen LogP contribution < -0.4 is 10.6 Å². The molecule has 1 aromatic rings. The number of carbonyl (C=O) groups excluding carboxylic acids is 1. The molecule has 0 bridgehead atoms. The van der Waals surface area contributed by atoms with Gasteiger partial charge in [-0.05, 0) is 37.4 Å². The average Bonchev–Trinajstić information content (AvgIpc) is 2.33. The molecule has 2 N–H and O–H groups in total. The van der Waals surface area contributed by atoms with Crippen molar-refractivity contribution in [2.24, 2.45) is 0 Å². The minimum atomic E-state index is 0.132. The normalized spacial score (nSPS) is 19.9. The van der Waals surface area contributed by atoms with Crippen molar-refractivity contribution in [1.82, 2.24) is 10.6 Å². The average molecular weight is 232 g/mol. The summed E-state index contributed by atoms with van der Waals surface area (Å²) >= 11 is 0. The molecule has 1 fully saturated rings. The third kappa shape index (κ3) is 3.56. The topological polar surface area (TPSA) is 41.1 Å². The van der Waals surface area contributed by atoms with Gasteiger partial charge in [0.05, 0.1) is 6.42 Å². The van der Waals surface area contributed by atoms with Gasteiger partial charge in [-0.3, -0.25) is 4.79 Å². The molecule has 0 aromatic heterocycles. The van der Waals surface area contributed by atoms with Crippen LogP contribution in [0.15, 0.2) is 24.3 Å². The van der Waals surface area contributed by atoms with Crippen molar-refractivity contribution in [1.29, 1.82) is 0 Å². The van der Waals surface area contributed by atoms with Gasteiger partial charge in [-0.1, -0.05) is 24.3 Å². The van der Waals surface area contributed by atoms with Crippen LogP contribution >= 0.6 is 0 Å². The van der Waals surface area contributed by atoms with E-state index in [2.05, 4.69) is 10.6 Å². The molecule has 1 unspecified atom stereocenters. The summed E-state index contributed by atoms with van der Waals surface area (Å²) in [6.45, 7) is 4.02. The van der Waals surface area contributed by atoms with Gasteiger partial charge in [-0.25, -0.2) is 0 Å². The monoisotopic (exact) mass is 232 g/mol. The highest BCUT2D eigenvalue weighted by Gasteiger charge is 2.15. The Morgan fingerprint density at radius 2 is 2.29 bits per heavy atom. The van der Waals surface area contributed by atoms with E-state index in [1.165, 1.54) is 5.56 Å². The summed E-state index contributed by atoms with van der Waals surface area (Å²) in [5.74, 6) is 0.132. The maximum atomic E-state index is 11.9. The molecule has 1 saturated heterocycles. The lowest BCUT2D eigenvalue weighted by molar-refractivity contribution is -0.121. The van der Waals surface area contributed by atoms with Gasteiger partial charge in [0.2, 0.25) is 5.91 Å². The molecule has 1 aliphatic rings. The smallest absolute Gasteiger partial charge is 0.224 e. The number of hydrogen-bond acceptors (Lipinski definition) is 2. The first kappa shape index (κ1) is 12.1. The van der Waals surface area contributed by atoms with E-state index in [-0.39, 0.29) is 5.91 Å². The summed E-state index contributed by atoms with van der Waals surface area (Å²) in [5, 5.41) is 6.39. The van der Waals surface area contributed by atoms with Crippen LogP contribution in [0, 0.1) is 6.92 Å². The van der Waals surface area contributed by atoms with Crippen LogP contribution in [0.4, 0.5) is 0 Å². The number of amides is 1. The molecule has 3 nitrogen and oxygen atoms in total. The lowest BCUT2D eigenvalue weighted by Gasteiger charge is -2.23. The van der Waals surface area contributed by atoms with Gasteiger partial charge >= 0.3 is 0 Å². The number of hydrogen-bond donors (Lipinski definition) is 2. The van der Waals surface area contributed by atoms with E-state index in [0.29, 0.717) is 12.5 Å². The third-order valence-corrected chi connectivity index (χ3v) is 3.27. The Labute approximate surface area is 103 Å². The van der Waals surface area contributed by atoms with Crippen molar-refractivity contribution in [2.45, 2.75) is 32.2 Å². The Morgan fingerprint density at radius 3 is 3.00 bits per heavy atom. The number of nitrogens with one attached hydrogen (secondary N) is 2. The molecule has 0 aliphatic carbocycles. The molecule has 3 heteroatoms. The minimum Gasteiger partial charge on any atom is -0.352 e. The van der Waals surface area contributed by atoms with Crippen molar-refractivity contribution in [2.75, 3.05) is 13.1 Å². The number of piperidine rings is 1. The molecule has 17 heavy (non-hydrogen) atoms. The first-order valence-electron chi connectivity index (χ1n) is 6.30. The fourth-order valence-corrected chi connectivity index (χ4v) is 2.24. The zero-order valence-electron chi connectivity index (χ0n) is 10.3. The van der Waals surface area contributed by atoms with Crippen molar-refractivity contribution >= 4 is 5.91 Å². The van der Waals surface area contributed by atoms with E-state index < -0.39 is 0 Å². The van der Waals surface area contributed by atoms with E-state index in [9.17, 15) is 4.79 Å². The SMILES string of the molecule is Cc1ccccc1CC(=O)NC1CCCNC1. The zero-order valence-corrected chi connectivity index (χ0v) is 10.3. The Kier molecular flexibility index (Phi) is 4.15. The number of aryl methyl sites for hydroxylation is 1. The summed E-state index contributed by atoms with van der Waals surface area (Å²) in [6, 6.07) is 8.36. The highest BCUT2D eigenvalue weighted by atomic mass is 16.1. The molecule has 1 atom stereocenters. The predicted molar refractivity (Wildman–Crippen MR) is 68.9 cm³/mol. The Balaban J connectivity index is 1.86. The van der Waals surface area contributed by atoms with Gasteiger partial charge in [-0.2, -0.15) is 0 Å². The highest BCUT2D eigenvalue weighted by molar-refractivity contribution is 5.79. The molecule has 0 spiro atoms. The van der Waals surface area contributed by atoms with Crippen LogP contribution in [0.5, 0.6) is 0 Å². The molecule has 92 valence electrons. The molecule has 1 aromatic carbocycles. The Bertz CT molecular complexity index is 384. The fourth-order valence-electron chi connectivity index (χ4n) is 2.24. The van der Waals surface area contributed by atoms with E-state index in [1.807, 2.05) is 31.2 Å². The van der Waals surface area contributed by atoms with Crippen molar-refractivity contribution in [3.05, 3.63) is 35.4 Å². The summed E-state index contributed by atoms with van der Waals surface area (Å²) in [7, 11) is 0. The summed E-state index contributed by atoms with van der Waals surface area (Å²) < 4.78 is 0. The van der Waals surface area contributed by atoms with Gasteiger partial charge in [0.25, 0.3) is 0 Å². The number of rotatable bonds is 3. The van der Waals surface area contributed by atoms with Crippen LogP contribution in [0.2, 0.25) is 0 Å². The molecule has 0 radical (unpaired) electrons. The summed E-state index contributed by atoms with van der Waals surface area (Å²) in [5.41, 5.74) is 2.30. The van der Waals surface area contributed by atoms with Gasteiger partial charge in [0.1, 0.15) is 0 Å². The molecule has 0 saturated carbocycles. The third-order valence-electron chi connectivity index (χ3n) is 3.27. The highest BCUT2D eigenvalue weighted by Crippen LogP contribution is 2.08. The van der Waals surface area contributed by atoms with Crippen LogP contribution in [0.25, 0.3) is 0 Å². The van der Waals surface area contributed by atoms with Crippen LogP contribution in [-0.4, -0.2) is 25.0 Å². The van der Waals surface area contributed by atoms with Gasteiger partial charge in [0, 0.05) is 12.6 Å². The molecular weight excluding hydrogens is 212 g/mol. The number of benzene rings is 1. The van der Waals surface area contributed by atoms with Crippen LogP contribution in [0.3, 0.4) is 0 Å². The lowest BCUT2D eigenvalue weighted by Crippen LogP contribution is -2.46. The first-order valence-corrected chi connectivity index (χ1v) is 6.30. The van der Waals surface area contributed by atoms with E-state index >= 15 is 0 Å². The lowest BCUT2D eigenvalue weighted by atomic mass is 10.0.